The molecule has 0 amide bonds. The maximum atomic E-state index is 4.82. The Morgan fingerprint density at radius 1 is 1.50 bits per heavy atom. The minimum atomic E-state index is 0.779. The Kier molecular flexibility index (Phi) is 4.76. The van der Waals surface area contributed by atoms with Gasteiger partial charge in [0.2, 0.25) is 0 Å². The van der Waals surface area contributed by atoms with E-state index in [1.165, 1.54) is 0 Å². The molecule has 1 rings (SSSR count). The van der Waals surface area contributed by atoms with E-state index in [1.54, 1.807) is 6.20 Å². The van der Waals surface area contributed by atoms with Crippen molar-refractivity contribution < 1.29 is 0 Å². The van der Waals surface area contributed by atoms with Crippen LogP contribution in [0.4, 0.5) is 0 Å². The van der Waals surface area contributed by atoms with Gasteiger partial charge < -0.3 is 0 Å². The summed E-state index contributed by atoms with van der Waals surface area (Å²) in [5.41, 5.74) is 0.998. The van der Waals surface area contributed by atoms with Crippen LogP contribution in [0.2, 0.25) is 0 Å². The van der Waals surface area contributed by atoms with Gasteiger partial charge in [-0.1, -0.05) is 26.1 Å². The molecular formula is C7H12N2S. The number of nitrogens with zero attached hydrogens (tertiary/aromatic N) is 1. The van der Waals surface area contributed by atoms with E-state index < -0.39 is 0 Å². The molecule has 0 atom stereocenters. The van der Waals surface area contributed by atoms with Crippen molar-refractivity contribution >= 4 is 12.2 Å². The smallest absolute Gasteiger partial charge is 0.0653 e. The summed E-state index contributed by atoms with van der Waals surface area (Å²) < 4.78 is 0.779. The number of H-pyrrole nitrogens is 1. The average molecular weight is 156 g/mol. The van der Waals surface area contributed by atoms with Gasteiger partial charge >= 0.3 is 0 Å². The quantitative estimate of drug-likeness (QED) is 0.584. The Balaban J connectivity index is 0.000000371. The van der Waals surface area contributed by atoms with Gasteiger partial charge in [0, 0.05) is 5.69 Å². The van der Waals surface area contributed by atoms with E-state index >= 15 is 0 Å². The van der Waals surface area contributed by atoms with Crippen LogP contribution >= 0.6 is 12.2 Å². The zero-order valence-electron chi connectivity index (χ0n) is 6.51. The van der Waals surface area contributed by atoms with Crippen LogP contribution in [0.3, 0.4) is 0 Å². The van der Waals surface area contributed by atoms with Crippen LogP contribution in [0.5, 0.6) is 0 Å². The Hall–Kier alpha value is -0.700. The average Bonchev–Trinajstić information content (AvgIpc) is 1.91. The number of aryl methyl sites for hydroxylation is 1. The van der Waals surface area contributed by atoms with E-state index in [-0.39, 0.29) is 0 Å². The number of aromatic nitrogens is 2. The molecule has 0 fully saturated rings. The molecule has 0 saturated carbocycles. The Labute approximate surface area is 66.3 Å². The van der Waals surface area contributed by atoms with Gasteiger partial charge in [0.15, 0.2) is 0 Å². The molecule has 0 spiro atoms. The maximum Gasteiger partial charge on any atom is 0.0653 e. The molecule has 10 heavy (non-hydrogen) atoms. The normalized spacial score (nSPS) is 7.90. The SMILES string of the molecule is CC.Cc1cc(=S)cn[nH]1. The highest BCUT2D eigenvalue weighted by Gasteiger charge is 1.78. The summed E-state index contributed by atoms with van der Waals surface area (Å²) in [5, 5.41) is 6.51. The van der Waals surface area contributed by atoms with E-state index in [0.29, 0.717) is 0 Å². The predicted molar refractivity (Wildman–Crippen MR) is 45.5 cm³/mol. The third kappa shape index (κ3) is 3.35. The molecule has 0 bridgehead atoms. The molecule has 3 heteroatoms. The van der Waals surface area contributed by atoms with Crippen molar-refractivity contribution in [3.8, 4) is 0 Å². The molecule has 2 nitrogen and oxygen atoms in total. The van der Waals surface area contributed by atoms with Crippen molar-refractivity contribution in [3.05, 3.63) is 22.5 Å². The van der Waals surface area contributed by atoms with Crippen LogP contribution in [-0.4, -0.2) is 10.2 Å². The van der Waals surface area contributed by atoms with Crippen molar-refractivity contribution in [2.24, 2.45) is 0 Å². The Morgan fingerprint density at radius 2 is 2.10 bits per heavy atom. The molecule has 0 aliphatic heterocycles. The second-order valence-corrected chi connectivity index (χ2v) is 2.07. The summed E-state index contributed by atoms with van der Waals surface area (Å²) in [5.74, 6) is 0. The lowest BCUT2D eigenvalue weighted by Crippen LogP contribution is -1.81. The van der Waals surface area contributed by atoms with Gasteiger partial charge in [-0.3, -0.25) is 5.10 Å². The van der Waals surface area contributed by atoms with E-state index in [4.69, 9.17) is 12.2 Å². The van der Waals surface area contributed by atoms with Gasteiger partial charge in [0.1, 0.15) is 0 Å². The van der Waals surface area contributed by atoms with Gasteiger partial charge in [-0.15, -0.1) is 0 Å². The van der Waals surface area contributed by atoms with E-state index in [1.807, 2.05) is 26.8 Å². The van der Waals surface area contributed by atoms with Crippen LogP contribution in [0.25, 0.3) is 0 Å². The van der Waals surface area contributed by atoms with E-state index in [0.717, 1.165) is 10.2 Å². The van der Waals surface area contributed by atoms with Crippen LogP contribution < -0.4 is 0 Å². The standard InChI is InChI=1S/C5H6N2S.C2H6/c1-4-2-5(8)3-6-7-4;1-2/h2-3H,1H3,(H,7,8);1-2H3. The fourth-order valence-corrected chi connectivity index (χ4v) is 0.710. The Bertz CT molecular complexity index is 229. The number of hydrogen-bond donors (Lipinski definition) is 1. The summed E-state index contributed by atoms with van der Waals surface area (Å²) in [6.45, 7) is 5.92. The minimum absolute atomic E-state index is 0.779. The fraction of sp³-hybridized carbons (Fsp3) is 0.429. The van der Waals surface area contributed by atoms with Crippen molar-refractivity contribution in [2.45, 2.75) is 20.8 Å². The molecule has 56 valence electrons. The lowest BCUT2D eigenvalue weighted by atomic mass is 10.4. The molecule has 0 unspecified atom stereocenters. The molecule has 0 aromatic carbocycles. The molecule has 0 saturated heterocycles. The third-order valence-corrected chi connectivity index (χ3v) is 1.01. The molecule has 0 aliphatic carbocycles. The zero-order valence-corrected chi connectivity index (χ0v) is 7.33. The van der Waals surface area contributed by atoms with Gasteiger partial charge in [0.25, 0.3) is 0 Å². The van der Waals surface area contributed by atoms with Crippen LogP contribution in [0.1, 0.15) is 19.5 Å². The highest BCUT2D eigenvalue weighted by Crippen LogP contribution is 1.88. The number of rotatable bonds is 0. The number of nitrogens with one attached hydrogen (secondary N) is 1. The molecular weight excluding hydrogens is 144 g/mol. The van der Waals surface area contributed by atoms with Gasteiger partial charge in [-0.05, 0) is 13.0 Å². The lowest BCUT2D eigenvalue weighted by molar-refractivity contribution is 0.976. The topological polar surface area (TPSA) is 28.7 Å². The lowest BCUT2D eigenvalue weighted by Gasteiger charge is -1.85. The Morgan fingerprint density at radius 3 is 2.40 bits per heavy atom. The van der Waals surface area contributed by atoms with Crippen molar-refractivity contribution in [1.82, 2.24) is 10.2 Å². The molecule has 0 aliphatic rings. The van der Waals surface area contributed by atoms with Crippen molar-refractivity contribution in [2.75, 3.05) is 0 Å². The van der Waals surface area contributed by atoms with Crippen LogP contribution in [-0.2, 0) is 0 Å². The molecule has 1 heterocycles. The third-order valence-electron chi connectivity index (χ3n) is 0.791. The first-order chi connectivity index (χ1) is 4.79. The molecule has 0 radical (unpaired) electrons. The summed E-state index contributed by atoms with van der Waals surface area (Å²) in [6, 6.07) is 1.86. The zero-order chi connectivity index (χ0) is 7.98. The largest absolute Gasteiger partial charge is 0.283 e. The number of hydrogen-bond acceptors (Lipinski definition) is 2. The van der Waals surface area contributed by atoms with Gasteiger partial charge in [-0.2, -0.15) is 5.10 Å². The van der Waals surface area contributed by atoms with Crippen LogP contribution in [0, 0.1) is 11.4 Å². The minimum Gasteiger partial charge on any atom is -0.283 e. The summed E-state index contributed by atoms with van der Waals surface area (Å²) >= 11 is 4.82. The van der Waals surface area contributed by atoms with Crippen molar-refractivity contribution in [1.29, 1.82) is 0 Å². The maximum absolute atomic E-state index is 4.82. The predicted octanol–water partition coefficient (Wildman–Crippen LogP) is 2.47. The van der Waals surface area contributed by atoms with Gasteiger partial charge in [0.05, 0.1) is 10.7 Å². The fourth-order valence-electron chi connectivity index (χ4n) is 0.481. The van der Waals surface area contributed by atoms with Crippen LogP contribution in [0.15, 0.2) is 12.3 Å². The number of aromatic amines is 1. The second-order valence-electron chi connectivity index (χ2n) is 1.60. The summed E-state index contributed by atoms with van der Waals surface area (Å²) in [6.07, 6.45) is 1.61. The molecule has 1 aromatic heterocycles. The highest BCUT2D eigenvalue weighted by molar-refractivity contribution is 7.71. The molecule has 1 N–H and O–H groups in total. The first-order valence-electron chi connectivity index (χ1n) is 3.30. The van der Waals surface area contributed by atoms with E-state index in [9.17, 15) is 0 Å². The highest BCUT2D eigenvalue weighted by atomic mass is 32.1. The first kappa shape index (κ1) is 9.30. The summed E-state index contributed by atoms with van der Waals surface area (Å²) in [4.78, 5) is 0. The van der Waals surface area contributed by atoms with E-state index in [2.05, 4.69) is 10.2 Å². The van der Waals surface area contributed by atoms with Gasteiger partial charge in [-0.25, -0.2) is 0 Å². The first-order valence-corrected chi connectivity index (χ1v) is 3.71. The van der Waals surface area contributed by atoms with Crippen molar-refractivity contribution in [3.63, 3.8) is 0 Å². The molecule has 1 aromatic rings. The second kappa shape index (κ2) is 5.11. The monoisotopic (exact) mass is 156 g/mol. The summed E-state index contributed by atoms with van der Waals surface area (Å²) in [7, 11) is 0.